The van der Waals surface area contributed by atoms with E-state index in [4.69, 9.17) is 24.1 Å². The molecule has 10 nitrogen and oxygen atoms in total. The number of ether oxygens (including phenoxy) is 4. The molecule has 0 aromatic carbocycles. The lowest BCUT2D eigenvalue weighted by atomic mass is 9.42. The van der Waals surface area contributed by atoms with Crippen LogP contribution in [0.5, 0.6) is 0 Å². The normalized spacial score (nSPS) is 56.2. The highest BCUT2D eigenvalue weighted by Gasteiger charge is 2.71. The van der Waals surface area contributed by atoms with E-state index in [1.807, 2.05) is 6.92 Å². The molecule has 0 radical (unpaired) electrons. The number of allylic oxidation sites excluding steroid dienone is 1. The van der Waals surface area contributed by atoms with Gasteiger partial charge in [0.25, 0.3) is 0 Å². The van der Waals surface area contributed by atoms with Gasteiger partial charge in [-0.3, -0.25) is 0 Å². The Morgan fingerprint density at radius 3 is 2.27 bits per heavy atom. The van der Waals surface area contributed by atoms with Crippen LogP contribution in [0.3, 0.4) is 0 Å². The van der Waals surface area contributed by atoms with E-state index in [1.54, 1.807) is 0 Å². The number of fused-ring (bicyclic) bond motifs is 13. The molecule has 3 aliphatic heterocycles. The fourth-order valence-electron chi connectivity index (χ4n) is 18.5. The first kappa shape index (κ1) is 44.7. The quantitative estimate of drug-likeness (QED) is 0.121. The molecule has 10 heteroatoms. The van der Waals surface area contributed by atoms with Gasteiger partial charge >= 0.3 is 0 Å². The third-order valence-corrected chi connectivity index (χ3v) is 22.0. The highest BCUT2D eigenvalue weighted by molar-refractivity contribution is 5.31. The maximum atomic E-state index is 12.5. The molecule has 62 heavy (non-hydrogen) atoms. The van der Waals surface area contributed by atoms with E-state index >= 15 is 0 Å². The van der Waals surface area contributed by atoms with Gasteiger partial charge in [-0.25, -0.2) is 0 Å². The summed E-state index contributed by atoms with van der Waals surface area (Å²) in [5, 5.41) is 58.6. The number of aliphatic hydroxyl groups excluding tert-OH is 2. The molecule has 0 amide bonds. The number of aliphatic hydroxyl groups is 5. The van der Waals surface area contributed by atoms with Crippen molar-refractivity contribution >= 4 is 0 Å². The Kier molecular flexibility index (Phi) is 11.4. The highest BCUT2D eigenvalue weighted by atomic mass is 16.8. The summed E-state index contributed by atoms with van der Waals surface area (Å²) in [6.07, 6.45) is 20.8. The van der Waals surface area contributed by atoms with Gasteiger partial charge in [0.1, 0.15) is 18.5 Å². The predicted molar refractivity (Wildman–Crippen MR) is 236 cm³/mol. The number of hydrogen-bond acceptors (Lipinski definition) is 10. The molecule has 10 fully saturated rings. The van der Waals surface area contributed by atoms with Crippen molar-refractivity contribution in [2.45, 2.75) is 204 Å². The molecule has 0 spiro atoms. The van der Waals surface area contributed by atoms with Gasteiger partial charge in [0, 0.05) is 30.3 Å². The average Bonchev–Trinajstić information content (AvgIpc) is 3.87. The third kappa shape index (κ3) is 6.46. The van der Waals surface area contributed by atoms with Crippen LogP contribution in [0.15, 0.2) is 24.0 Å². The first-order valence-electron chi connectivity index (χ1n) is 25.6. The molecule has 13 unspecified atom stereocenters. The van der Waals surface area contributed by atoms with Crippen molar-refractivity contribution in [3.8, 4) is 0 Å². The minimum Gasteiger partial charge on any atom is -0.490 e. The second kappa shape index (κ2) is 15.8. The van der Waals surface area contributed by atoms with Crippen molar-refractivity contribution in [3.05, 3.63) is 24.0 Å². The lowest BCUT2D eigenvalue weighted by Gasteiger charge is -2.66. The van der Waals surface area contributed by atoms with Crippen LogP contribution in [0.25, 0.3) is 0 Å². The Labute approximate surface area is 372 Å². The van der Waals surface area contributed by atoms with Gasteiger partial charge < -0.3 is 49.8 Å². The molecule has 350 valence electrons. The summed E-state index contributed by atoms with van der Waals surface area (Å²) in [5.74, 6) is 3.54. The Hall–Kier alpha value is -1.08. The molecular weight excluding hydrogens is 783 g/mol. The minimum atomic E-state index is -1.83. The molecule has 11 rings (SSSR count). The van der Waals surface area contributed by atoms with Gasteiger partial charge in [-0.15, -0.1) is 0 Å². The molecule has 0 bridgehead atoms. The van der Waals surface area contributed by atoms with Crippen LogP contribution < -0.4 is 5.32 Å². The molecular formula is C52H83NO9. The minimum absolute atomic E-state index is 0.0103. The van der Waals surface area contributed by atoms with E-state index in [0.29, 0.717) is 49.3 Å². The second-order valence-corrected chi connectivity index (χ2v) is 24.3. The molecule has 6 N–H and O–H groups in total. The lowest BCUT2D eigenvalue weighted by molar-refractivity contribution is -0.463. The van der Waals surface area contributed by atoms with Gasteiger partial charge in [0.15, 0.2) is 0 Å². The van der Waals surface area contributed by atoms with Crippen molar-refractivity contribution in [3.63, 3.8) is 0 Å². The zero-order valence-electron chi connectivity index (χ0n) is 38.9. The summed E-state index contributed by atoms with van der Waals surface area (Å²) < 4.78 is 24.3. The van der Waals surface area contributed by atoms with Crippen LogP contribution in [0.4, 0.5) is 0 Å². The SMILES string of the molecule is C=C1C=C(C2CCC3(O)C4CC[C@H]5C6O[C@]7(O)C(OC(C)C[C@H]7O)OC6CCC5(C)C4CCC23C)CO1.C[C@]12CCC3C(CC[C@H]4CCCC[C@]34C)C1CC[C@@]2(O)CNCCO. The Morgan fingerprint density at radius 2 is 1.50 bits per heavy atom. The maximum Gasteiger partial charge on any atom is 0.245 e. The van der Waals surface area contributed by atoms with Crippen molar-refractivity contribution < 1.29 is 44.5 Å². The standard InChI is InChI=1S/C30H44O7.C22H39NO2/c1-16-13-18(15-34-16)19-8-12-29(32)21-5-6-22-25-23(9-10-27(22,3)20(21)7-11-28(19,29)4)36-26-30(33,37-25)24(31)14-17(2)35-26;1-20-10-4-3-5-16(20)6-7-17-18(20)8-11-21(2)19(17)9-12-22(21,25)15-23-13-14-24/h13,17,19-26,31-33H,1,5-12,14-15H2,2-4H3;16-19,23-25H,3-15H2,1-2H3/t17?,19?,20?,21?,22-,23?,24+,25?,26?,27?,28?,29?,30-;16-,17?,18?,19?,20+,21+,22-/m01/s1. The van der Waals surface area contributed by atoms with Crippen molar-refractivity contribution in [1.82, 2.24) is 5.32 Å². The lowest BCUT2D eigenvalue weighted by Crippen LogP contribution is -2.72. The smallest absolute Gasteiger partial charge is 0.245 e. The van der Waals surface area contributed by atoms with Crippen LogP contribution in [0.1, 0.15) is 157 Å². The summed E-state index contributed by atoms with van der Waals surface area (Å²) >= 11 is 0. The van der Waals surface area contributed by atoms with Crippen molar-refractivity contribution in [2.75, 3.05) is 26.3 Å². The highest BCUT2D eigenvalue weighted by Crippen LogP contribution is 2.71. The number of hydrogen-bond donors (Lipinski definition) is 6. The molecule has 3 heterocycles. The summed E-state index contributed by atoms with van der Waals surface area (Å²) in [4.78, 5) is 0. The molecule has 0 aromatic rings. The first-order valence-corrected chi connectivity index (χ1v) is 25.6. The van der Waals surface area contributed by atoms with Crippen molar-refractivity contribution in [2.24, 2.45) is 69.0 Å². The van der Waals surface area contributed by atoms with Gasteiger partial charge in [0.05, 0.1) is 36.1 Å². The van der Waals surface area contributed by atoms with E-state index in [2.05, 4.69) is 45.7 Å². The summed E-state index contributed by atoms with van der Waals surface area (Å²) in [5.41, 5.74) is 0.521. The number of rotatable bonds is 5. The van der Waals surface area contributed by atoms with E-state index in [9.17, 15) is 20.4 Å². The fourth-order valence-corrected chi connectivity index (χ4v) is 18.5. The maximum absolute atomic E-state index is 12.5. The molecule has 8 saturated carbocycles. The Balaban J connectivity index is 0.000000160. The molecule has 20 atom stereocenters. The van der Waals surface area contributed by atoms with Crippen LogP contribution in [0, 0.1) is 69.0 Å². The topological polar surface area (TPSA) is 150 Å². The van der Waals surface area contributed by atoms with Gasteiger partial charge in [-0.05, 0) is 179 Å². The van der Waals surface area contributed by atoms with Crippen LogP contribution in [-0.4, -0.2) is 99.5 Å². The van der Waals surface area contributed by atoms with E-state index in [1.165, 1.54) is 63.4 Å². The van der Waals surface area contributed by atoms with Gasteiger partial charge in [0.2, 0.25) is 12.1 Å². The Morgan fingerprint density at radius 1 is 0.742 bits per heavy atom. The van der Waals surface area contributed by atoms with E-state index in [0.717, 1.165) is 81.3 Å². The van der Waals surface area contributed by atoms with Crippen LogP contribution in [0.2, 0.25) is 0 Å². The van der Waals surface area contributed by atoms with E-state index in [-0.39, 0.29) is 53.0 Å². The molecule has 2 saturated heterocycles. The van der Waals surface area contributed by atoms with E-state index < -0.39 is 29.4 Å². The molecule has 0 aromatic heterocycles. The second-order valence-electron chi connectivity index (χ2n) is 24.3. The third-order valence-electron chi connectivity index (χ3n) is 22.0. The van der Waals surface area contributed by atoms with Crippen LogP contribution in [-0.2, 0) is 18.9 Å². The monoisotopic (exact) mass is 866 g/mol. The zero-order chi connectivity index (χ0) is 43.7. The summed E-state index contributed by atoms with van der Waals surface area (Å²) in [6, 6.07) is 0. The largest absolute Gasteiger partial charge is 0.490 e. The van der Waals surface area contributed by atoms with Gasteiger partial charge in [-0.2, -0.15) is 0 Å². The molecule has 11 aliphatic rings. The fraction of sp³-hybridized carbons (Fsp3) is 0.923. The van der Waals surface area contributed by atoms with Crippen molar-refractivity contribution in [1.29, 1.82) is 0 Å². The predicted octanol–water partition coefficient (Wildman–Crippen LogP) is 7.54. The van der Waals surface area contributed by atoms with Gasteiger partial charge in [-0.1, -0.05) is 47.1 Å². The number of nitrogens with one attached hydrogen (secondary N) is 1. The summed E-state index contributed by atoms with van der Waals surface area (Å²) in [6.45, 7) is 17.6. The van der Waals surface area contributed by atoms with Crippen LogP contribution >= 0.6 is 0 Å². The average molecular weight is 866 g/mol. The zero-order valence-corrected chi connectivity index (χ0v) is 38.9. The summed E-state index contributed by atoms with van der Waals surface area (Å²) in [7, 11) is 0. The Bertz CT molecular complexity index is 1740. The first-order chi connectivity index (χ1) is 29.4. The molecule has 8 aliphatic carbocycles.